The Kier molecular flexibility index (Phi) is 1.03. The third-order valence-corrected chi connectivity index (χ3v) is 1.67. The van der Waals surface area contributed by atoms with Crippen molar-refractivity contribution in [3.8, 4) is 0 Å². The molecule has 0 spiro atoms. The van der Waals surface area contributed by atoms with Crippen molar-refractivity contribution < 1.29 is 4.79 Å². The highest BCUT2D eigenvalue weighted by Crippen LogP contribution is 2.17. The van der Waals surface area contributed by atoms with Crippen LogP contribution in [-0.2, 0) is 4.79 Å². The second kappa shape index (κ2) is 1.87. The summed E-state index contributed by atoms with van der Waals surface area (Å²) in [5, 5.41) is 6.79. The van der Waals surface area contributed by atoms with Crippen LogP contribution < -0.4 is 10.6 Å². The van der Waals surface area contributed by atoms with Crippen molar-refractivity contribution in [3.63, 3.8) is 0 Å². The van der Waals surface area contributed by atoms with Gasteiger partial charge in [-0.05, 0) is 6.08 Å². The van der Waals surface area contributed by atoms with Crippen LogP contribution >= 0.6 is 0 Å². The van der Waals surface area contributed by atoms with Crippen molar-refractivity contribution in [1.29, 1.82) is 0 Å². The molecule has 3 nitrogen and oxygen atoms in total. The first-order chi connectivity index (χ1) is 4.88. The summed E-state index contributed by atoms with van der Waals surface area (Å²) in [7, 11) is 0. The highest BCUT2D eigenvalue weighted by atomic mass is 16.1. The first-order valence-electron chi connectivity index (χ1n) is 3.27. The Morgan fingerprint density at radius 3 is 3.30 bits per heavy atom. The van der Waals surface area contributed by atoms with Gasteiger partial charge in [-0.2, -0.15) is 0 Å². The zero-order valence-corrected chi connectivity index (χ0v) is 5.42. The van der Waals surface area contributed by atoms with Crippen molar-refractivity contribution in [2.45, 2.75) is 6.42 Å². The molecule has 0 aromatic carbocycles. The molecule has 0 aliphatic carbocycles. The Balaban J connectivity index is 2.37. The zero-order chi connectivity index (χ0) is 6.97. The van der Waals surface area contributed by atoms with Crippen LogP contribution in [0.5, 0.6) is 0 Å². The lowest BCUT2D eigenvalue weighted by atomic mass is 10.1. The van der Waals surface area contributed by atoms with Crippen LogP contribution in [0.3, 0.4) is 0 Å². The van der Waals surface area contributed by atoms with Crippen molar-refractivity contribution in [2.75, 3.05) is 6.54 Å². The summed E-state index contributed by atoms with van der Waals surface area (Å²) in [5.41, 5.74) is 1.68. The van der Waals surface area contributed by atoms with E-state index >= 15 is 0 Å². The highest BCUT2D eigenvalue weighted by molar-refractivity contribution is 5.98. The average molecular weight is 135 g/mol. The number of carbonyl (C=O) groups is 1. The van der Waals surface area contributed by atoms with Gasteiger partial charge in [-0.25, -0.2) is 0 Å². The van der Waals surface area contributed by atoms with E-state index in [2.05, 4.69) is 10.6 Å². The Bertz CT molecular complexity index is 240. The van der Waals surface area contributed by atoms with Crippen molar-refractivity contribution in [1.82, 2.24) is 10.6 Å². The molecule has 51 valence electrons. The molecule has 1 amide bonds. The summed E-state index contributed by atoms with van der Waals surface area (Å²) in [6.45, 7) is 0.725. The number of carbonyl (C=O) groups excluding carboxylic acids is 1. The number of nitrogens with zero attached hydrogens (tertiary/aromatic N) is 1. The van der Waals surface area contributed by atoms with Gasteiger partial charge in [0.05, 0.1) is 11.3 Å². The minimum absolute atomic E-state index is 0.0127. The molecule has 2 aliphatic rings. The minimum atomic E-state index is 0.0127. The monoisotopic (exact) mass is 135 g/mol. The molecule has 10 heavy (non-hydrogen) atoms. The molecule has 0 bridgehead atoms. The maximum absolute atomic E-state index is 11.0. The lowest BCUT2D eigenvalue weighted by molar-refractivity contribution is -0.117. The molecule has 2 heterocycles. The van der Waals surface area contributed by atoms with Crippen LogP contribution in [0.15, 0.2) is 23.5 Å². The van der Waals surface area contributed by atoms with Gasteiger partial charge >= 0.3 is 0 Å². The van der Waals surface area contributed by atoms with E-state index < -0.39 is 0 Å². The average Bonchev–Trinajstić information content (AvgIpc) is 2.36. The normalized spacial score (nSPS) is 22.2. The topological polar surface area (TPSA) is 43.2 Å². The van der Waals surface area contributed by atoms with Crippen LogP contribution in [0.2, 0.25) is 0 Å². The van der Waals surface area contributed by atoms with Crippen LogP contribution in [0, 0.1) is 0 Å². The van der Waals surface area contributed by atoms with Gasteiger partial charge in [0.15, 0.2) is 0 Å². The Morgan fingerprint density at radius 2 is 2.50 bits per heavy atom. The first kappa shape index (κ1) is 5.53. The lowest BCUT2D eigenvalue weighted by Crippen LogP contribution is -2.30. The van der Waals surface area contributed by atoms with Gasteiger partial charge < -0.3 is 5.32 Å². The van der Waals surface area contributed by atoms with E-state index in [1.165, 1.54) is 0 Å². The molecule has 1 N–H and O–H groups in total. The van der Waals surface area contributed by atoms with Crippen molar-refractivity contribution in [3.05, 3.63) is 23.5 Å². The number of hydrogen-bond donors (Lipinski definition) is 1. The molecular weight excluding hydrogens is 128 g/mol. The molecule has 0 aromatic heterocycles. The minimum Gasteiger partial charge on any atom is -0.352 e. The second-order valence-corrected chi connectivity index (χ2v) is 2.31. The van der Waals surface area contributed by atoms with Gasteiger partial charge in [-0.15, -0.1) is 0 Å². The third-order valence-electron chi connectivity index (χ3n) is 1.67. The van der Waals surface area contributed by atoms with E-state index in [0.717, 1.165) is 24.2 Å². The van der Waals surface area contributed by atoms with Gasteiger partial charge in [-0.1, -0.05) is 0 Å². The quantitative estimate of drug-likeness (QED) is 0.495. The molecular formula is C7H7N2O. The molecule has 2 aliphatic heterocycles. The van der Waals surface area contributed by atoms with Crippen LogP contribution in [0.25, 0.3) is 0 Å². The van der Waals surface area contributed by atoms with E-state index in [1.807, 2.05) is 0 Å². The Morgan fingerprint density at radius 1 is 1.60 bits per heavy atom. The number of rotatable bonds is 0. The molecule has 2 rings (SSSR count). The standard InChI is InChI=1S/C7H7N2O/c10-7-5-1-3-8-6(5)2-4-9-7/h1,3H,2,4H2,(H,9,10). The van der Waals surface area contributed by atoms with Crippen LogP contribution in [0.1, 0.15) is 6.42 Å². The summed E-state index contributed by atoms with van der Waals surface area (Å²) in [4.78, 5) is 11.0. The van der Waals surface area contributed by atoms with E-state index in [4.69, 9.17) is 0 Å². The van der Waals surface area contributed by atoms with Crippen molar-refractivity contribution >= 4 is 5.91 Å². The predicted octanol–water partition coefficient (Wildman–Crippen LogP) is -0.108. The Labute approximate surface area is 58.8 Å². The molecule has 0 aromatic rings. The summed E-state index contributed by atoms with van der Waals surface area (Å²) >= 11 is 0. The fraction of sp³-hybridized carbons (Fsp3) is 0.286. The zero-order valence-electron chi connectivity index (χ0n) is 5.42. The molecule has 0 fully saturated rings. The first-order valence-corrected chi connectivity index (χ1v) is 3.27. The predicted molar refractivity (Wildman–Crippen MR) is 35.9 cm³/mol. The number of nitrogens with one attached hydrogen (secondary N) is 1. The fourth-order valence-corrected chi connectivity index (χ4v) is 1.16. The highest BCUT2D eigenvalue weighted by Gasteiger charge is 2.20. The summed E-state index contributed by atoms with van der Waals surface area (Å²) in [6.07, 6.45) is 4.30. The lowest BCUT2D eigenvalue weighted by Gasteiger charge is -2.12. The Hall–Kier alpha value is -1.25. The summed E-state index contributed by atoms with van der Waals surface area (Å²) in [5.74, 6) is 0.0127. The van der Waals surface area contributed by atoms with Crippen LogP contribution in [0.4, 0.5) is 0 Å². The third kappa shape index (κ3) is 0.635. The van der Waals surface area contributed by atoms with E-state index in [1.54, 1.807) is 12.3 Å². The number of amides is 1. The van der Waals surface area contributed by atoms with Crippen LogP contribution in [-0.4, -0.2) is 12.5 Å². The maximum Gasteiger partial charge on any atom is 0.253 e. The van der Waals surface area contributed by atoms with Gasteiger partial charge in [0.1, 0.15) is 0 Å². The van der Waals surface area contributed by atoms with Gasteiger partial charge in [0.25, 0.3) is 5.91 Å². The maximum atomic E-state index is 11.0. The van der Waals surface area contributed by atoms with Crippen molar-refractivity contribution in [2.24, 2.45) is 0 Å². The summed E-state index contributed by atoms with van der Waals surface area (Å²) < 4.78 is 0. The van der Waals surface area contributed by atoms with E-state index in [-0.39, 0.29) is 5.91 Å². The largest absolute Gasteiger partial charge is 0.352 e. The molecule has 3 heteroatoms. The van der Waals surface area contributed by atoms with Gasteiger partial charge in [-0.3, -0.25) is 10.1 Å². The van der Waals surface area contributed by atoms with E-state index in [9.17, 15) is 4.79 Å². The molecule has 1 radical (unpaired) electrons. The molecule has 0 atom stereocenters. The van der Waals surface area contributed by atoms with Gasteiger partial charge in [0.2, 0.25) is 0 Å². The van der Waals surface area contributed by atoms with Gasteiger partial charge in [0, 0.05) is 19.2 Å². The SMILES string of the molecule is O=C1NCCC2=C1C=C[N]2. The smallest absolute Gasteiger partial charge is 0.253 e. The molecule has 0 saturated heterocycles. The molecule has 0 saturated carbocycles. The summed E-state index contributed by atoms with van der Waals surface area (Å²) in [6, 6.07) is 0. The van der Waals surface area contributed by atoms with E-state index in [0.29, 0.717) is 0 Å². The second-order valence-electron chi connectivity index (χ2n) is 2.31. The molecule has 0 unspecified atom stereocenters. The fourth-order valence-electron chi connectivity index (χ4n) is 1.16. The number of hydrogen-bond acceptors (Lipinski definition) is 1.